The Bertz CT molecular complexity index is 6960. The number of methoxy groups -OCH3 is 3. The van der Waals surface area contributed by atoms with Gasteiger partial charge in [-0.2, -0.15) is 0 Å². The third-order valence-corrected chi connectivity index (χ3v) is 26.7. The van der Waals surface area contributed by atoms with Crippen molar-refractivity contribution in [1.82, 2.24) is 60.4 Å². The lowest BCUT2D eigenvalue weighted by Crippen LogP contribution is -2.41. The molecule has 0 fully saturated rings. The number of nitrogens with zero attached hydrogens (tertiary/aromatic N) is 7. The molecule has 6 aliphatic rings. The van der Waals surface area contributed by atoms with Gasteiger partial charge in [0.05, 0.1) is 45.5 Å². The van der Waals surface area contributed by atoms with Gasteiger partial charge < -0.3 is 73.8 Å². The van der Waals surface area contributed by atoms with Gasteiger partial charge >= 0.3 is 6.09 Å². The van der Waals surface area contributed by atoms with Gasteiger partial charge in [-0.25, -0.2) is 29.1 Å². The van der Waals surface area contributed by atoms with Crippen molar-refractivity contribution < 1.29 is 37.6 Å². The molecule has 23 rings (SSSR count). The van der Waals surface area contributed by atoms with E-state index < -0.39 is 12.8 Å². The van der Waals surface area contributed by atoms with E-state index in [1.165, 1.54) is 88.7 Å². The number of hydrogen-bond acceptors (Lipinski definition) is 15. The van der Waals surface area contributed by atoms with Crippen LogP contribution in [0, 0.1) is 6.92 Å². The normalized spacial score (nSPS) is 17.0. The number of aryl methyl sites for hydroxylation is 1. The summed E-state index contributed by atoms with van der Waals surface area (Å²) in [6, 6.07) is 73.9. The number of aromatic amines is 5. The summed E-state index contributed by atoms with van der Waals surface area (Å²) in [4.78, 5) is 55.0. The molecule has 6 aliphatic heterocycles. The predicted molar refractivity (Wildman–Crippen MR) is 518 cm³/mol. The number of amides is 1. The first kappa shape index (κ1) is 86.5. The van der Waals surface area contributed by atoms with E-state index >= 15 is 0 Å². The van der Waals surface area contributed by atoms with Gasteiger partial charge in [0.15, 0.2) is 23.0 Å². The van der Waals surface area contributed by atoms with E-state index in [2.05, 4.69) is 223 Å². The van der Waals surface area contributed by atoms with Crippen LogP contribution in [-0.2, 0) is 36.8 Å². The number of anilines is 2. The zero-order valence-electron chi connectivity index (χ0n) is 72.6. The fourth-order valence-corrected chi connectivity index (χ4v) is 20.2. The van der Waals surface area contributed by atoms with E-state index in [0.717, 1.165) is 162 Å². The number of aromatic nitrogens is 9. The topological polar surface area (TPSA) is 237 Å². The standard InChI is InChI=1S/C23H24ClFN2O2.C22H19BrN4O.C22H17ClN4O2.C19H19ClN2O2.C18H18N2/c1-14(2)15-3-5-16(6-4-15)22-21-18(9-11-27(22)23(28)29-12-10-25)19-13-17(24)7-8-20(19)26-21;1-28-16-6-3-14(4-7-16)21-20-17(18-13-15(23)5-8-19(18)26-20)9-12-27(21)22-24-10-2-11-25-22;23-14-3-4-17-16(11-14)15-6-9-27(22-24-7-1-8-25-22)21(20(15)26-17)13-2-5-18-19(10-13)29-12-28-18;1-23-16-6-3-11(9-17(16)24-2)18-19-13(7-8-21-18)14-10-12(20)4-5-15(14)22-19;1-12-6-5-9-14-15-10-11-19-17(18(15)20-16(12)14)13-7-3-2-4-8-13/h3-8,13-14,22,26H,9-12H2,1-2H3;2-8,10-11,13,21,26H,9,12H2,1H3;1-5,7-8,10-11,21,26H,6,9,12H2;3-6,9-10,18,21-22H,7-8H2,1-2H3;2-9,17,19-20H,10-11H2,1H3. The molecule has 0 spiro atoms. The number of hydrogen-bond donors (Lipinski definition) is 7. The number of rotatable bonds is 13. The first-order valence-corrected chi connectivity index (χ1v) is 45.7. The fraction of sp³-hybridized carbons (Fsp3) is 0.240. The molecule has 130 heavy (non-hydrogen) atoms. The maximum atomic E-state index is 12.7. The van der Waals surface area contributed by atoms with E-state index in [1.54, 1.807) is 51.0 Å². The number of alkyl halides is 1. The van der Waals surface area contributed by atoms with Crippen LogP contribution < -0.4 is 44.1 Å². The molecule has 0 aliphatic carbocycles. The monoisotopic (exact) mass is 1860 g/mol. The van der Waals surface area contributed by atoms with Crippen molar-refractivity contribution in [2.24, 2.45) is 0 Å². The van der Waals surface area contributed by atoms with Gasteiger partial charge in [-0.05, 0) is 233 Å². The van der Waals surface area contributed by atoms with Crippen LogP contribution in [0.2, 0.25) is 15.1 Å². The van der Waals surface area contributed by atoms with Crippen molar-refractivity contribution in [3.63, 3.8) is 0 Å². The van der Waals surface area contributed by atoms with Crippen LogP contribution in [0.1, 0.15) is 145 Å². The van der Waals surface area contributed by atoms with Gasteiger partial charge in [0.25, 0.3) is 0 Å². The van der Waals surface area contributed by atoms with E-state index in [4.69, 9.17) is 63.2 Å². The molecule has 7 aromatic heterocycles. The van der Waals surface area contributed by atoms with E-state index in [-0.39, 0.29) is 43.6 Å². The number of carbonyl (C=O) groups excluding carboxylic acids is 1. The molecule has 0 bridgehead atoms. The van der Waals surface area contributed by atoms with Crippen LogP contribution in [0.3, 0.4) is 0 Å². The highest BCUT2D eigenvalue weighted by Gasteiger charge is 2.39. The summed E-state index contributed by atoms with van der Waals surface area (Å²) in [5, 5.41) is 15.6. The first-order chi connectivity index (χ1) is 63.6. The summed E-state index contributed by atoms with van der Waals surface area (Å²) < 4.78 is 46.1. The lowest BCUT2D eigenvalue weighted by Gasteiger charge is -2.36. The Kier molecular flexibility index (Phi) is 25.3. The molecule has 13 heterocycles. The second kappa shape index (κ2) is 38.1. The summed E-state index contributed by atoms with van der Waals surface area (Å²) in [6.07, 6.45) is 11.2. The summed E-state index contributed by atoms with van der Waals surface area (Å²) >= 11 is 22.3. The van der Waals surface area contributed by atoms with Crippen LogP contribution in [-0.4, -0.2) is 130 Å². The predicted octanol–water partition coefficient (Wildman–Crippen LogP) is 23.2. The number of carbonyl (C=O) groups is 1. The van der Waals surface area contributed by atoms with Crippen LogP contribution in [0.15, 0.2) is 248 Å². The van der Waals surface area contributed by atoms with Crippen LogP contribution in [0.5, 0.6) is 28.7 Å². The first-order valence-electron chi connectivity index (χ1n) is 43.8. The minimum absolute atomic E-state index is 0.0169. The summed E-state index contributed by atoms with van der Waals surface area (Å²) in [7, 11) is 5.00. The highest BCUT2D eigenvalue weighted by Crippen LogP contribution is 2.48. The Hall–Kier alpha value is -12.9. The molecule has 0 saturated heterocycles. The molecule has 5 unspecified atom stereocenters. The van der Waals surface area contributed by atoms with Gasteiger partial charge in [0, 0.05) is 160 Å². The SMILES string of the molecule is CC(C)c1ccc(C2c3[nH]c4ccc(Cl)cc4c3CCN2C(=O)OCCF)cc1.COc1ccc(C2NCCc3c2[nH]c2ccc(Cl)cc32)cc1OC.COc1ccc(C2c3[nH]c4ccc(Br)cc4c3CCN2c2ncccn2)cc1.Cc1cccc2c3c([nH]c12)C(c1ccccc1)NCC3.Clc1ccc2[nH]c3c(c2c1)CCN(c1ncccn1)C3c1ccc2c(c1)OCO2. The van der Waals surface area contributed by atoms with Gasteiger partial charge in [0.2, 0.25) is 18.7 Å². The maximum absolute atomic E-state index is 12.7. The Balaban J connectivity index is 0.000000106. The smallest absolute Gasteiger partial charge is 0.410 e. The number of para-hydroxylation sites is 1. The lowest BCUT2D eigenvalue weighted by molar-refractivity contribution is 0.0837. The summed E-state index contributed by atoms with van der Waals surface area (Å²) in [6.45, 7) is 9.91. The van der Waals surface area contributed by atoms with Crippen molar-refractivity contribution in [1.29, 1.82) is 0 Å². The molecule has 17 aromatic rings. The van der Waals surface area contributed by atoms with Gasteiger partial charge in [-0.1, -0.05) is 162 Å². The van der Waals surface area contributed by atoms with Crippen LogP contribution >= 0.6 is 50.7 Å². The van der Waals surface area contributed by atoms with Gasteiger partial charge in [-0.15, -0.1) is 0 Å². The highest BCUT2D eigenvalue weighted by atomic mass is 79.9. The molecule has 1 amide bonds. The Labute approximate surface area is 775 Å². The second-order valence-corrected chi connectivity index (χ2v) is 35.5. The number of nitrogens with one attached hydrogen (secondary N) is 7. The molecule has 26 heteroatoms. The third kappa shape index (κ3) is 17.3. The fourth-order valence-electron chi connectivity index (χ4n) is 19.3. The van der Waals surface area contributed by atoms with Crippen molar-refractivity contribution in [2.75, 3.05) is 83.9 Å². The van der Waals surface area contributed by atoms with Crippen LogP contribution in [0.25, 0.3) is 54.5 Å². The average Bonchev–Trinajstić information content (AvgIpc) is 1.54. The highest BCUT2D eigenvalue weighted by molar-refractivity contribution is 9.10. The Morgan fingerprint density at radius 3 is 1.53 bits per heavy atom. The average molecular weight is 1860 g/mol. The molecular formula is C104H97BrCl3FN14O7. The number of ether oxygens (including phenoxy) is 6. The minimum atomic E-state index is -0.691. The molecule has 0 radical (unpaired) electrons. The number of fused-ring (bicyclic) bond motifs is 16. The van der Waals surface area contributed by atoms with Crippen LogP contribution in [0.4, 0.5) is 21.1 Å². The summed E-state index contributed by atoms with van der Waals surface area (Å²) in [5.74, 6) is 5.74. The zero-order chi connectivity index (χ0) is 89.2. The van der Waals surface area contributed by atoms with Gasteiger partial charge in [-0.3, -0.25) is 4.90 Å². The molecule has 10 aromatic carbocycles. The number of H-pyrrole nitrogens is 5. The maximum Gasteiger partial charge on any atom is 0.410 e. The van der Waals surface area contributed by atoms with E-state index in [1.807, 2.05) is 97.1 Å². The molecule has 21 nitrogen and oxygen atoms in total. The quantitative estimate of drug-likeness (QED) is 0.0568. The third-order valence-electron chi connectivity index (χ3n) is 25.5. The van der Waals surface area contributed by atoms with Gasteiger partial charge in [0.1, 0.15) is 25.1 Å². The lowest BCUT2D eigenvalue weighted by atomic mass is 9.91. The molecule has 5 atom stereocenters. The summed E-state index contributed by atoms with van der Waals surface area (Å²) in [5.41, 5.74) is 26.4. The van der Waals surface area contributed by atoms with Crippen molar-refractivity contribution in [3.05, 3.63) is 358 Å². The van der Waals surface area contributed by atoms with Crippen molar-refractivity contribution in [3.8, 4) is 28.7 Å². The number of benzene rings is 10. The van der Waals surface area contributed by atoms with Crippen molar-refractivity contribution >= 4 is 123 Å². The van der Waals surface area contributed by atoms with Crippen molar-refractivity contribution in [2.45, 2.75) is 89.0 Å². The molecule has 0 saturated carbocycles. The molecule has 660 valence electrons. The molecular weight excluding hydrogens is 1760 g/mol. The van der Waals surface area contributed by atoms with E-state index in [9.17, 15) is 9.18 Å². The Morgan fingerprint density at radius 2 is 0.954 bits per heavy atom. The zero-order valence-corrected chi connectivity index (χ0v) is 76.5. The number of halogens is 5. The Morgan fingerprint density at radius 1 is 0.462 bits per heavy atom. The van der Waals surface area contributed by atoms with E-state index in [0.29, 0.717) is 29.9 Å². The minimum Gasteiger partial charge on any atom is -0.497 e. The molecule has 7 N–H and O–H groups in total. The second-order valence-electron chi connectivity index (χ2n) is 33.3. The largest absolute Gasteiger partial charge is 0.497 e.